The lowest BCUT2D eigenvalue weighted by atomic mass is 9.85. The van der Waals surface area contributed by atoms with Crippen LogP contribution >= 0.6 is 47.6 Å². The van der Waals surface area contributed by atoms with Crippen molar-refractivity contribution in [1.82, 2.24) is 10.9 Å². The molecule has 0 fully saturated rings. The summed E-state index contributed by atoms with van der Waals surface area (Å²) < 4.78 is 0. The third kappa shape index (κ3) is 6.87. The molecule has 162 valence electrons. The highest BCUT2D eigenvalue weighted by molar-refractivity contribution is 7.80. The molecule has 0 aliphatic rings. The van der Waals surface area contributed by atoms with Crippen molar-refractivity contribution in [1.29, 1.82) is 10.5 Å². The van der Waals surface area contributed by atoms with Gasteiger partial charge in [0, 0.05) is 10.0 Å². The van der Waals surface area contributed by atoms with E-state index in [4.69, 9.17) is 59.1 Å². The fraction of sp³-hybridized carbons (Fsp3) is 0.100. The molecule has 0 bridgehead atoms. The number of hydrogen-bond acceptors (Lipinski definition) is 6. The van der Waals surface area contributed by atoms with E-state index in [9.17, 15) is 10.5 Å². The van der Waals surface area contributed by atoms with Gasteiger partial charge in [0.15, 0.2) is 10.2 Å². The van der Waals surface area contributed by atoms with Crippen molar-refractivity contribution in [2.24, 2.45) is 21.7 Å². The minimum atomic E-state index is -0.968. The van der Waals surface area contributed by atoms with E-state index >= 15 is 0 Å². The van der Waals surface area contributed by atoms with E-state index in [0.717, 1.165) is 0 Å². The SMILES string of the molecule is N#C[C@H](C(=N\NC(N)=S)/C(=N/NC(N)=S)[C@H](C#N)c1ccc(Cl)cc1)c1ccc(Cl)cc1. The third-order valence-corrected chi connectivity index (χ3v) is 4.73. The summed E-state index contributed by atoms with van der Waals surface area (Å²) in [7, 11) is 0. The van der Waals surface area contributed by atoms with Gasteiger partial charge < -0.3 is 11.5 Å². The van der Waals surface area contributed by atoms with Crippen LogP contribution in [0, 0.1) is 22.7 Å². The van der Waals surface area contributed by atoms with Crippen LogP contribution in [-0.4, -0.2) is 21.6 Å². The molecule has 0 saturated heterocycles. The first-order chi connectivity index (χ1) is 15.3. The fourth-order valence-electron chi connectivity index (χ4n) is 2.67. The highest BCUT2D eigenvalue weighted by atomic mass is 35.5. The number of benzene rings is 2. The Balaban J connectivity index is 2.71. The molecule has 32 heavy (non-hydrogen) atoms. The Hall–Kier alpha value is -3.28. The first-order valence-electron chi connectivity index (χ1n) is 8.83. The van der Waals surface area contributed by atoms with Gasteiger partial charge >= 0.3 is 0 Å². The van der Waals surface area contributed by atoms with Crippen molar-refractivity contribution in [2.45, 2.75) is 11.8 Å². The summed E-state index contributed by atoms with van der Waals surface area (Å²) >= 11 is 21.7. The first kappa shape index (κ1) is 25.0. The van der Waals surface area contributed by atoms with Gasteiger partial charge in [-0.05, 0) is 59.8 Å². The van der Waals surface area contributed by atoms with E-state index in [-0.39, 0.29) is 21.6 Å². The molecule has 0 aromatic heterocycles. The second-order valence-electron chi connectivity index (χ2n) is 6.17. The van der Waals surface area contributed by atoms with Crippen molar-refractivity contribution >= 4 is 69.3 Å². The van der Waals surface area contributed by atoms with Crippen molar-refractivity contribution in [3.63, 3.8) is 0 Å². The maximum atomic E-state index is 9.99. The van der Waals surface area contributed by atoms with Crippen LogP contribution in [0.4, 0.5) is 0 Å². The maximum absolute atomic E-state index is 9.99. The highest BCUT2D eigenvalue weighted by Gasteiger charge is 2.30. The largest absolute Gasteiger partial charge is 0.375 e. The molecule has 0 spiro atoms. The van der Waals surface area contributed by atoms with Gasteiger partial charge in [-0.15, -0.1) is 0 Å². The van der Waals surface area contributed by atoms with Gasteiger partial charge in [0.05, 0.1) is 12.1 Å². The Labute approximate surface area is 205 Å². The molecular formula is C20H16Cl2N8S2. The van der Waals surface area contributed by atoms with E-state index in [2.05, 4.69) is 33.2 Å². The molecule has 0 amide bonds. The molecule has 2 atom stereocenters. The van der Waals surface area contributed by atoms with Crippen molar-refractivity contribution < 1.29 is 0 Å². The van der Waals surface area contributed by atoms with Gasteiger partial charge in [0.1, 0.15) is 23.3 Å². The molecule has 8 nitrogen and oxygen atoms in total. The lowest BCUT2D eigenvalue weighted by Crippen LogP contribution is -2.35. The zero-order valence-corrected chi connectivity index (χ0v) is 19.4. The molecule has 0 saturated carbocycles. The van der Waals surface area contributed by atoms with Gasteiger partial charge in [0.25, 0.3) is 0 Å². The Bertz CT molecular complexity index is 1040. The summed E-state index contributed by atoms with van der Waals surface area (Å²) in [6.45, 7) is 0. The number of nitriles is 2. The number of halogens is 2. The van der Waals surface area contributed by atoms with E-state index in [1.54, 1.807) is 48.5 Å². The van der Waals surface area contributed by atoms with Crippen LogP contribution in [0.1, 0.15) is 23.0 Å². The predicted octanol–water partition coefficient (Wildman–Crippen LogP) is 3.29. The summed E-state index contributed by atoms with van der Waals surface area (Å²) in [5.74, 6) is -1.94. The van der Waals surface area contributed by atoms with E-state index < -0.39 is 11.8 Å². The second kappa shape index (κ2) is 11.9. The van der Waals surface area contributed by atoms with Crippen molar-refractivity contribution in [2.75, 3.05) is 0 Å². The second-order valence-corrected chi connectivity index (χ2v) is 7.93. The summed E-state index contributed by atoms with van der Waals surface area (Å²) in [5.41, 5.74) is 17.3. The molecular weight excluding hydrogens is 487 g/mol. The molecule has 0 radical (unpaired) electrons. The maximum Gasteiger partial charge on any atom is 0.184 e. The molecule has 0 heterocycles. The molecule has 2 aromatic carbocycles. The molecule has 0 unspecified atom stereocenters. The van der Waals surface area contributed by atoms with E-state index in [1.165, 1.54) is 0 Å². The normalized spacial score (nSPS) is 13.2. The molecule has 12 heteroatoms. The highest BCUT2D eigenvalue weighted by Crippen LogP contribution is 2.26. The van der Waals surface area contributed by atoms with Gasteiger partial charge in [-0.25, -0.2) is 0 Å². The van der Waals surface area contributed by atoms with Crippen LogP contribution in [-0.2, 0) is 0 Å². The Morgan fingerprint density at radius 1 is 0.750 bits per heavy atom. The van der Waals surface area contributed by atoms with E-state index in [1.807, 2.05) is 0 Å². The number of nitrogens with two attached hydrogens (primary N) is 2. The van der Waals surface area contributed by atoms with Crippen molar-refractivity contribution in [3.05, 3.63) is 69.7 Å². The summed E-state index contributed by atoms with van der Waals surface area (Å²) in [4.78, 5) is 0. The van der Waals surface area contributed by atoms with Gasteiger partial charge in [-0.3, -0.25) is 10.9 Å². The average Bonchev–Trinajstić information content (AvgIpc) is 2.76. The lowest BCUT2D eigenvalue weighted by molar-refractivity contribution is 0.974. The first-order valence-corrected chi connectivity index (χ1v) is 10.4. The zero-order chi connectivity index (χ0) is 23.7. The number of nitrogens with one attached hydrogen (secondary N) is 2. The number of thiocarbonyl (C=S) groups is 2. The number of hydrogen-bond donors (Lipinski definition) is 4. The molecule has 2 aromatic rings. The van der Waals surface area contributed by atoms with Crippen LogP contribution in [0.5, 0.6) is 0 Å². The fourth-order valence-corrected chi connectivity index (χ4v) is 3.01. The van der Waals surface area contributed by atoms with Crippen molar-refractivity contribution in [3.8, 4) is 12.1 Å². The van der Waals surface area contributed by atoms with Gasteiger partial charge in [-0.1, -0.05) is 47.5 Å². The summed E-state index contributed by atoms with van der Waals surface area (Å²) in [6.07, 6.45) is 0. The Morgan fingerprint density at radius 2 is 1.06 bits per heavy atom. The van der Waals surface area contributed by atoms with Gasteiger partial charge in [0.2, 0.25) is 0 Å². The van der Waals surface area contributed by atoms with Gasteiger partial charge in [-0.2, -0.15) is 20.7 Å². The molecule has 0 aliphatic heterocycles. The average molecular weight is 503 g/mol. The summed E-state index contributed by atoms with van der Waals surface area (Å²) in [5, 5.41) is 29.1. The Kier molecular flexibility index (Phi) is 9.32. The molecule has 2 rings (SSSR count). The van der Waals surface area contributed by atoms with Crippen LogP contribution in [0.15, 0.2) is 58.7 Å². The minimum absolute atomic E-state index is 0.0767. The minimum Gasteiger partial charge on any atom is -0.375 e. The number of hydrazone groups is 2. The standard InChI is InChI=1S/C20H16Cl2N8S2/c21-13-5-1-11(2-6-13)15(9-23)17(27-29-19(25)31)18(28-30-20(26)32)16(10-24)12-3-7-14(22)8-4-12/h1-8,15-16H,(H3,25,29,31)(H3,26,30,32)/b27-17+,28-18+/t15-,16+. The predicted molar refractivity (Wildman–Crippen MR) is 134 cm³/mol. The smallest absolute Gasteiger partial charge is 0.184 e. The topological polar surface area (TPSA) is 148 Å². The lowest BCUT2D eigenvalue weighted by Gasteiger charge is -2.19. The summed E-state index contributed by atoms with van der Waals surface area (Å²) in [6, 6.07) is 17.5. The van der Waals surface area contributed by atoms with Crippen LogP contribution in [0.2, 0.25) is 10.0 Å². The number of rotatable bonds is 7. The third-order valence-electron chi connectivity index (χ3n) is 4.05. The Morgan fingerprint density at radius 3 is 1.31 bits per heavy atom. The van der Waals surface area contributed by atoms with Crippen LogP contribution < -0.4 is 22.3 Å². The molecule has 0 aliphatic carbocycles. The van der Waals surface area contributed by atoms with Crippen LogP contribution in [0.25, 0.3) is 0 Å². The zero-order valence-electron chi connectivity index (χ0n) is 16.3. The number of nitrogens with zero attached hydrogens (tertiary/aromatic N) is 4. The van der Waals surface area contributed by atoms with E-state index in [0.29, 0.717) is 21.2 Å². The molecule has 6 N–H and O–H groups in total. The monoisotopic (exact) mass is 502 g/mol. The van der Waals surface area contributed by atoms with Crippen LogP contribution in [0.3, 0.4) is 0 Å². The quantitative estimate of drug-likeness (QED) is 0.256.